The van der Waals surface area contributed by atoms with E-state index in [0.717, 1.165) is 32.9 Å². The number of thiazole rings is 1. The molecule has 150 valence electrons. The first-order valence-electron chi connectivity index (χ1n) is 9.84. The highest BCUT2D eigenvalue weighted by Gasteiger charge is 2.11. The highest BCUT2D eigenvalue weighted by Crippen LogP contribution is 2.33. The third-order valence-corrected chi connectivity index (χ3v) is 6.79. The van der Waals surface area contributed by atoms with E-state index in [0.29, 0.717) is 12.5 Å². The van der Waals surface area contributed by atoms with E-state index >= 15 is 0 Å². The summed E-state index contributed by atoms with van der Waals surface area (Å²) in [7, 11) is 0. The number of hydrogen-bond acceptors (Lipinski definition) is 7. The minimum Gasteiger partial charge on any atom is -0.363 e. The van der Waals surface area contributed by atoms with E-state index < -0.39 is 0 Å². The van der Waals surface area contributed by atoms with E-state index in [1.807, 2.05) is 5.51 Å². The molecule has 0 aliphatic heterocycles. The number of thiophene rings is 1. The van der Waals surface area contributed by atoms with Crippen molar-refractivity contribution in [3.63, 3.8) is 0 Å². The Kier molecular flexibility index (Phi) is 5.06. The molecule has 0 aliphatic carbocycles. The molecule has 0 radical (unpaired) electrons. The van der Waals surface area contributed by atoms with Crippen LogP contribution in [0.4, 0.5) is 17.3 Å². The molecule has 2 N–H and O–H groups in total. The van der Waals surface area contributed by atoms with Crippen molar-refractivity contribution in [2.75, 3.05) is 10.6 Å². The number of rotatable bonds is 6. The van der Waals surface area contributed by atoms with Crippen LogP contribution >= 0.6 is 22.7 Å². The van der Waals surface area contributed by atoms with Crippen molar-refractivity contribution in [2.45, 2.75) is 26.3 Å². The van der Waals surface area contributed by atoms with Gasteiger partial charge in [-0.25, -0.2) is 4.98 Å². The van der Waals surface area contributed by atoms with Gasteiger partial charge in [0.1, 0.15) is 0 Å². The number of fused-ring (bicyclic) bond motifs is 2. The van der Waals surface area contributed by atoms with Gasteiger partial charge in [-0.1, -0.05) is 32.0 Å². The molecule has 0 aliphatic rings. The summed E-state index contributed by atoms with van der Waals surface area (Å²) in [5.41, 5.74) is 6.46. The number of aromatic nitrogens is 3. The molecule has 2 aromatic carbocycles. The number of hydrogen-bond donors (Lipinski definition) is 2. The van der Waals surface area contributed by atoms with Gasteiger partial charge in [-0.3, -0.25) is 0 Å². The molecule has 5 rings (SSSR count). The summed E-state index contributed by atoms with van der Waals surface area (Å²) in [6.45, 7) is 5.09. The van der Waals surface area contributed by atoms with Crippen molar-refractivity contribution >= 4 is 60.3 Å². The molecule has 0 fully saturated rings. The molecule has 0 amide bonds. The molecule has 3 aromatic heterocycles. The van der Waals surface area contributed by atoms with Crippen LogP contribution in [0.1, 0.15) is 30.9 Å². The molecular formula is C23H21N5S2. The first-order chi connectivity index (χ1) is 14.7. The fraction of sp³-hybridized carbons (Fsp3) is 0.174. The van der Waals surface area contributed by atoms with Gasteiger partial charge in [0.15, 0.2) is 11.6 Å². The molecule has 0 bridgehead atoms. The Morgan fingerprint density at radius 2 is 1.77 bits per heavy atom. The second-order valence-corrected chi connectivity index (χ2v) is 9.27. The summed E-state index contributed by atoms with van der Waals surface area (Å²) in [5, 5.41) is 18.9. The van der Waals surface area contributed by atoms with E-state index in [9.17, 15) is 0 Å². The van der Waals surface area contributed by atoms with Gasteiger partial charge in [-0.15, -0.1) is 32.9 Å². The largest absolute Gasteiger partial charge is 0.363 e. The summed E-state index contributed by atoms with van der Waals surface area (Å²) in [6, 6.07) is 16.9. The minimum atomic E-state index is 0.518. The maximum atomic E-state index is 4.47. The maximum Gasteiger partial charge on any atom is 0.167 e. The molecular weight excluding hydrogens is 410 g/mol. The first kappa shape index (κ1) is 19.0. The zero-order valence-corrected chi connectivity index (χ0v) is 18.3. The molecule has 7 heteroatoms. The van der Waals surface area contributed by atoms with Crippen molar-refractivity contribution in [3.8, 4) is 0 Å². The topological polar surface area (TPSA) is 62.7 Å². The maximum absolute atomic E-state index is 4.47. The first-order valence-corrected chi connectivity index (χ1v) is 11.6. The fourth-order valence-corrected chi connectivity index (χ4v) is 4.97. The van der Waals surface area contributed by atoms with Crippen LogP contribution in [-0.2, 0) is 6.54 Å². The lowest BCUT2D eigenvalue weighted by molar-refractivity contribution is 0.867. The predicted molar refractivity (Wildman–Crippen MR) is 128 cm³/mol. The average Bonchev–Trinajstić information content (AvgIpc) is 3.43. The lowest BCUT2D eigenvalue weighted by Gasteiger charge is -2.11. The average molecular weight is 432 g/mol. The molecule has 0 saturated heterocycles. The van der Waals surface area contributed by atoms with Gasteiger partial charge in [0.25, 0.3) is 0 Å². The molecule has 0 unspecified atom stereocenters. The van der Waals surface area contributed by atoms with Crippen LogP contribution in [0.15, 0.2) is 59.4 Å². The number of benzene rings is 2. The van der Waals surface area contributed by atoms with Gasteiger partial charge >= 0.3 is 0 Å². The lowest BCUT2D eigenvalue weighted by atomic mass is 10.0. The van der Waals surface area contributed by atoms with E-state index in [4.69, 9.17) is 0 Å². The Morgan fingerprint density at radius 1 is 0.933 bits per heavy atom. The van der Waals surface area contributed by atoms with Crippen LogP contribution in [0.5, 0.6) is 0 Å². The van der Waals surface area contributed by atoms with Gasteiger partial charge in [-0.05, 0) is 52.8 Å². The van der Waals surface area contributed by atoms with Crippen LogP contribution < -0.4 is 10.6 Å². The second-order valence-electron chi connectivity index (χ2n) is 7.47. The Morgan fingerprint density at radius 3 is 2.60 bits per heavy atom. The SMILES string of the molecule is CC(C)c1ccc(Nc2nnc(NCc3ccc4ncsc4c3)c3sccc23)cc1. The quantitative estimate of drug-likeness (QED) is 0.310. The standard InChI is InChI=1S/C23H21N5S2/c1-14(2)16-4-6-17(7-5-16)26-22-18-9-10-29-21(18)23(28-27-22)24-12-15-3-8-19-20(11-15)30-13-25-19/h3-11,13-14H,12H2,1-2H3,(H,24,28)(H,26,27). The zero-order chi connectivity index (χ0) is 20.5. The molecule has 3 heterocycles. The summed E-state index contributed by atoms with van der Waals surface area (Å²) in [4.78, 5) is 4.34. The Balaban J connectivity index is 1.36. The fourth-order valence-electron chi connectivity index (χ4n) is 3.37. The second kappa shape index (κ2) is 8.01. The summed E-state index contributed by atoms with van der Waals surface area (Å²) >= 11 is 3.33. The van der Waals surface area contributed by atoms with Gasteiger partial charge in [-0.2, -0.15) is 0 Å². The summed E-state index contributed by atoms with van der Waals surface area (Å²) in [6.07, 6.45) is 0. The number of nitrogens with zero attached hydrogens (tertiary/aromatic N) is 3. The predicted octanol–water partition coefficient (Wildman–Crippen LogP) is 6.78. The molecule has 5 nitrogen and oxygen atoms in total. The molecule has 30 heavy (non-hydrogen) atoms. The van der Waals surface area contributed by atoms with Crippen LogP contribution in [-0.4, -0.2) is 15.2 Å². The van der Waals surface area contributed by atoms with Gasteiger partial charge in [0.05, 0.1) is 20.4 Å². The highest BCUT2D eigenvalue weighted by molar-refractivity contribution is 7.18. The zero-order valence-electron chi connectivity index (χ0n) is 16.7. The number of nitrogens with one attached hydrogen (secondary N) is 2. The van der Waals surface area contributed by atoms with Gasteiger partial charge < -0.3 is 10.6 Å². The monoisotopic (exact) mass is 431 g/mol. The van der Waals surface area contributed by atoms with Crippen LogP contribution in [0.25, 0.3) is 20.3 Å². The lowest BCUT2D eigenvalue weighted by Crippen LogP contribution is -2.04. The molecule has 0 saturated carbocycles. The Bertz CT molecular complexity index is 1300. The number of anilines is 3. The molecule has 5 aromatic rings. The van der Waals surface area contributed by atoms with E-state index in [1.54, 1.807) is 22.7 Å². The minimum absolute atomic E-state index is 0.518. The summed E-state index contributed by atoms with van der Waals surface area (Å²) in [5.74, 6) is 2.11. The van der Waals surface area contributed by atoms with Crippen LogP contribution in [0.3, 0.4) is 0 Å². The third-order valence-electron chi connectivity index (χ3n) is 5.08. The van der Waals surface area contributed by atoms with E-state index in [-0.39, 0.29) is 0 Å². The van der Waals surface area contributed by atoms with Crippen molar-refractivity contribution in [3.05, 3.63) is 70.5 Å². The smallest absolute Gasteiger partial charge is 0.167 e. The third kappa shape index (κ3) is 3.74. The van der Waals surface area contributed by atoms with Gasteiger partial charge in [0, 0.05) is 17.6 Å². The van der Waals surface area contributed by atoms with E-state index in [1.165, 1.54) is 15.8 Å². The van der Waals surface area contributed by atoms with Crippen molar-refractivity contribution in [1.29, 1.82) is 0 Å². The van der Waals surface area contributed by atoms with Crippen LogP contribution in [0.2, 0.25) is 0 Å². The Hall–Kier alpha value is -3.03. The van der Waals surface area contributed by atoms with Crippen molar-refractivity contribution in [2.24, 2.45) is 0 Å². The van der Waals surface area contributed by atoms with Crippen molar-refractivity contribution in [1.82, 2.24) is 15.2 Å². The molecule has 0 atom stereocenters. The highest BCUT2D eigenvalue weighted by atomic mass is 32.1. The van der Waals surface area contributed by atoms with E-state index in [2.05, 4.69) is 93.6 Å². The Labute approximate surface area is 182 Å². The molecule has 0 spiro atoms. The van der Waals surface area contributed by atoms with Gasteiger partial charge in [0.2, 0.25) is 0 Å². The van der Waals surface area contributed by atoms with Crippen LogP contribution in [0, 0.1) is 0 Å². The normalized spacial score (nSPS) is 11.4. The summed E-state index contributed by atoms with van der Waals surface area (Å²) < 4.78 is 2.30. The van der Waals surface area contributed by atoms with Crippen molar-refractivity contribution < 1.29 is 0 Å².